The smallest absolute Gasteiger partial charge is 0.409 e. The number of imidazole rings is 1. The lowest BCUT2D eigenvalue weighted by Crippen LogP contribution is -2.46. The lowest BCUT2D eigenvalue weighted by Gasteiger charge is -2.32. The number of nitrogens with zero attached hydrogens (tertiary/aromatic N) is 3. The van der Waals surface area contributed by atoms with Crippen molar-refractivity contribution in [3.05, 3.63) is 53.4 Å². The Bertz CT molecular complexity index is 1380. The Hall–Kier alpha value is -3.09. The summed E-state index contributed by atoms with van der Waals surface area (Å²) in [5.74, 6) is -2.11. The molecule has 1 aliphatic rings. The zero-order valence-corrected chi connectivity index (χ0v) is 21.2. The third-order valence-electron chi connectivity index (χ3n) is 5.83. The summed E-state index contributed by atoms with van der Waals surface area (Å²) in [4.78, 5) is 17.5. The number of aryl methyl sites for hydroxylation is 1. The van der Waals surface area contributed by atoms with Crippen LogP contribution in [0.4, 0.5) is 13.6 Å². The van der Waals surface area contributed by atoms with Crippen LogP contribution in [-0.4, -0.2) is 67.7 Å². The van der Waals surface area contributed by atoms with Gasteiger partial charge in [-0.25, -0.2) is 31.7 Å². The van der Waals surface area contributed by atoms with Crippen molar-refractivity contribution >= 4 is 21.8 Å². The fourth-order valence-corrected chi connectivity index (χ4v) is 5.53. The van der Waals surface area contributed by atoms with Crippen molar-refractivity contribution in [1.29, 1.82) is 0 Å². The zero-order valence-electron chi connectivity index (χ0n) is 20.4. The van der Waals surface area contributed by atoms with Crippen LogP contribution in [0.3, 0.4) is 0 Å². The molecule has 2 aromatic heterocycles. The number of fused-ring (bicyclic) bond motifs is 1. The summed E-state index contributed by atoms with van der Waals surface area (Å²) in [7, 11) is -2.81. The molecule has 1 saturated heterocycles. The maximum Gasteiger partial charge on any atom is 0.409 e. The number of nitrogens with one attached hydrogen (secondary N) is 1. The van der Waals surface area contributed by atoms with Crippen LogP contribution in [0.25, 0.3) is 16.9 Å². The van der Waals surface area contributed by atoms with Gasteiger partial charge in [0.25, 0.3) is 0 Å². The molecular formula is C24H28F2N4O5S. The van der Waals surface area contributed by atoms with Gasteiger partial charge < -0.3 is 18.8 Å². The third kappa shape index (κ3) is 5.20. The van der Waals surface area contributed by atoms with E-state index in [1.807, 2.05) is 13.0 Å². The van der Waals surface area contributed by atoms with Crippen molar-refractivity contribution in [2.75, 3.05) is 26.8 Å². The van der Waals surface area contributed by atoms with Crippen LogP contribution < -0.4 is 4.72 Å². The first kappa shape index (κ1) is 26.0. The first-order valence-corrected chi connectivity index (χ1v) is 12.9. The topological polar surface area (TPSA) is 102 Å². The quantitative estimate of drug-likeness (QED) is 0.533. The van der Waals surface area contributed by atoms with Crippen molar-refractivity contribution in [3.8, 4) is 11.3 Å². The average molecular weight is 523 g/mol. The Morgan fingerprint density at radius 1 is 1.28 bits per heavy atom. The van der Waals surface area contributed by atoms with Crippen molar-refractivity contribution in [1.82, 2.24) is 19.0 Å². The molecule has 1 atom stereocenters. The molecule has 0 aliphatic carbocycles. The van der Waals surface area contributed by atoms with Crippen LogP contribution in [0.2, 0.25) is 0 Å². The molecule has 3 heterocycles. The van der Waals surface area contributed by atoms with Gasteiger partial charge in [0.05, 0.1) is 48.2 Å². The van der Waals surface area contributed by atoms with Crippen molar-refractivity contribution in [2.45, 2.75) is 44.2 Å². The molecule has 1 aliphatic heterocycles. The summed E-state index contributed by atoms with van der Waals surface area (Å²) in [5, 5.41) is 0. The Balaban J connectivity index is 1.79. The maximum absolute atomic E-state index is 15.4. The van der Waals surface area contributed by atoms with Gasteiger partial charge in [0.15, 0.2) is 0 Å². The van der Waals surface area contributed by atoms with Gasteiger partial charge in [-0.1, -0.05) is 0 Å². The van der Waals surface area contributed by atoms with Crippen LogP contribution in [0.15, 0.2) is 35.4 Å². The fourth-order valence-electron chi connectivity index (χ4n) is 4.26. The van der Waals surface area contributed by atoms with Gasteiger partial charge in [0.2, 0.25) is 10.0 Å². The number of carbonyl (C=O) groups excluding carboxylic acids is 1. The number of benzene rings is 1. The number of ether oxygens (including phenoxy) is 2. The SMILES string of the molecule is COC(=O)N1CCO[C@@H](Cc2c(-c3c(F)cc(S(=O)(=O)NC(C)C)cc3F)nc3cc(C)ccn23)C1. The molecule has 0 unspecified atom stereocenters. The standard InChI is InChI=1S/C24H28F2N4O5S/c1-14(2)28-36(32,33)17-11-18(25)22(19(26)12-17)23-20(30-6-5-15(3)9-21(30)27-23)10-16-13-29(7-8-35-16)24(31)34-4/h5-6,9,11-12,14,16,28H,7-8,10,13H2,1-4H3/t16-/m0/s1. The van der Waals surface area contributed by atoms with E-state index in [0.717, 1.165) is 17.7 Å². The van der Waals surface area contributed by atoms with E-state index in [4.69, 9.17) is 9.47 Å². The van der Waals surface area contributed by atoms with E-state index in [2.05, 4.69) is 9.71 Å². The van der Waals surface area contributed by atoms with Crippen LogP contribution in [0, 0.1) is 18.6 Å². The van der Waals surface area contributed by atoms with Gasteiger partial charge in [-0.15, -0.1) is 0 Å². The second kappa shape index (κ2) is 10.1. The predicted molar refractivity (Wildman–Crippen MR) is 128 cm³/mol. The van der Waals surface area contributed by atoms with Crippen LogP contribution in [0.5, 0.6) is 0 Å². The van der Waals surface area contributed by atoms with Crippen LogP contribution in [-0.2, 0) is 25.9 Å². The molecule has 9 nitrogen and oxygen atoms in total. The largest absolute Gasteiger partial charge is 0.453 e. The predicted octanol–water partition coefficient (Wildman–Crippen LogP) is 3.28. The molecule has 4 rings (SSSR count). The van der Waals surface area contributed by atoms with Crippen molar-refractivity contribution < 1.29 is 31.5 Å². The first-order chi connectivity index (χ1) is 17.0. The number of rotatable bonds is 6. The normalized spacial score (nSPS) is 16.6. The zero-order chi connectivity index (χ0) is 26.2. The molecular weight excluding hydrogens is 494 g/mol. The lowest BCUT2D eigenvalue weighted by molar-refractivity contribution is -0.0241. The van der Waals surface area contributed by atoms with Gasteiger partial charge in [-0.3, -0.25) is 0 Å². The van der Waals surface area contributed by atoms with E-state index in [1.165, 1.54) is 12.0 Å². The second-order valence-corrected chi connectivity index (χ2v) is 10.7. The van der Waals surface area contributed by atoms with Gasteiger partial charge in [0, 0.05) is 25.2 Å². The van der Waals surface area contributed by atoms with E-state index >= 15 is 8.78 Å². The maximum atomic E-state index is 15.4. The number of aromatic nitrogens is 2. The molecule has 0 saturated carbocycles. The highest BCUT2D eigenvalue weighted by Crippen LogP contribution is 2.33. The van der Waals surface area contributed by atoms with E-state index in [9.17, 15) is 13.2 Å². The molecule has 1 aromatic carbocycles. The summed E-state index contributed by atoms with van der Waals surface area (Å²) in [6.45, 7) is 5.97. The minimum atomic E-state index is -4.11. The Labute approximate surface area is 208 Å². The number of hydrogen-bond donors (Lipinski definition) is 1. The van der Waals surface area contributed by atoms with E-state index in [0.29, 0.717) is 17.9 Å². The number of methoxy groups -OCH3 is 1. The first-order valence-electron chi connectivity index (χ1n) is 11.4. The molecule has 12 heteroatoms. The molecule has 3 aromatic rings. The molecule has 0 bridgehead atoms. The average Bonchev–Trinajstić information content (AvgIpc) is 3.14. The molecule has 1 fully saturated rings. The highest BCUT2D eigenvalue weighted by atomic mass is 32.2. The van der Waals surface area contributed by atoms with E-state index < -0.39 is 50.4 Å². The molecule has 194 valence electrons. The number of sulfonamides is 1. The number of carbonyl (C=O) groups is 1. The van der Waals surface area contributed by atoms with Crippen molar-refractivity contribution in [2.24, 2.45) is 0 Å². The summed E-state index contributed by atoms with van der Waals surface area (Å²) >= 11 is 0. The summed E-state index contributed by atoms with van der Waals surface area (Å²) in [6.07, 6.45) is 0.986. The minimum absolute atomic E-state index is 0.0372. The molecule has 36 heavy (non-hydrogen) atoms. The number of amides is 1. The Morgan fingerprint density at radius 3 is 2.61 bits per heavy atom. The molecule has 1 N–H and O–H groups in total. The van der Waals surface area contributed by atoms with Gasteiger partial charge in [0.1, 0.15) is 17.3 Å². The van der Waals surface area contributed by atoms with Crippen LogP contribution in [0.1, 0.15) is 25.1 Å². The summed E-state index contributed by atoms with van der Waals surface area (Å²) < 4.78 is 70.4. The Kier molecular flexibility index (Phi) is 7.30. The molecule has 0 spiro atoms. The van der Waals surface area contributed by atoms with E-state index in [-0.39, 0.29) is 25.3 Å². The van der Waals surface area contributed by atoms with Gasteiger partial charge in [-0.2, -0.15) is 0 Å². The molecule has 1 amide bonds. The summed E-state index contributed by atoms with van der Waals surface area (Å²) in [5.41, 5.74) is 1.44. The number of hydrogen-bond acceptors (Lipinski definition) is 6. The third-order valence-corrected chi connectivity index (χ3v) is 7.46. The van der Waals surface area contributed by atoms with Gasteiger partial charge >= 0.3 is 6.09 Å². The van der Waals surface area contributed by atoms with Crippen LogP contribution >= 0.6 is 0 Å². The number of halogens is 2. The van der Waals surface area contributed by atoms with E-state index in [1.54, 1.807) is 30.5 Å². The minimum Gasteiger partial charge on any atom is -0.453 e. The highest BCUT2D eigenvalue weighted by Gasteiger charge is 2.30. The van der Waals surface area contributed by atoms with Gasteiger partial charge in [-0.05, 0) is 50.6 Å². The van der Waals surface area contributed by atoms with Crippen molar-refractivity contribution in [3.63, 3.8) is 0 Å². The number of pyridine rings is 1. The molecule has 0 radical (unpaired) electrons. The Morgan fingerprint density at radius 2 is 1.97 bits per heavy atom. The lowest BCUT2D eigenvalue weighted by atomic mass is 10.0. The number of morpholine rings is 1. The highest BCUT2D eigenvalue weighted by molar-refractivity contribution is 7.89. The fraction of sp³-hybridized carbons (Fsp3) is 0.417. The summed E-state index contributed by atoms with van der Waals surface area (Å²) in [6, 6.07) is 4.74. The second-order valence-electron chi connectivity index (χ2n) is 8.99. The monoisotopic (exact) mass is 522 g/mol.